The van der Waals surface area contributed by atoms with Gasteiger partial charge in [0.05, 0.1) is 34.5 Å². The molecule has 1 amide bonds. The molecule has 18 nitrogen and oxygen atoms in total. The Bertz CT molecular complexity index is 2830. The fourth-order valence-corrected chi connectivity index (χ4v) is 7.91. The first kappa shape index (κ1) is 47.6. The van der Waals surface area contributed by atoms with Crippen LogP contribution in [-0.4, -0.2) is 109 Å². The van der Waals surface area contributed by atoms with Gasteiger partial charge in [-0.3, -0.25) is 19.8 Å². The van der Waals surface area contributed by atoms with Crippen LogP contribution < -0.4 is 27.4 Å². The molecule has 0 unspecified atom stereocenters. The van der Waals surface area contributed by atoms with Crippen molar-refractivity contribution in [1.29, 1.82) is 10.5 Å². The maximum absolute atomic E-state index is 14.0. The summed E-state index contributed by atoms with van der Waals surface area (Å²) in [5, 5.41) is 30.4. The van der Waals surface area contributed by atoms with Crippen molar-refractivity contribution in [3.05, 3.63) is 106 Å². The minimum Gasteiger partial charge on any atom is -0.444 e. The molecule has 7 N–H and O–H groups in total. The van der Waals surface area contributed by atoms with Crippen molar-refractivity contribution in [1.82, 2.24) is 49.9 Å². The Morgan fingerprint density at radius 3 is 1.61 bits per heavy atom. The van der Waals surface area contributed by atoms with E-state index >= 15 is 0 Å². The van der Waals surface area contributed by atoms with Crippen LogP contribution in [0.5, 0.6) is 0 Å². The Balaban J connectivity index is 0.000000203. The standard InChI is InChI=1S/C26H31FN8O2.C21H23FN8/c1-16(32-24-20(13-28)23(29)30-15-31-24)19-11-17-5-6-18(27)12-21(17)33-22(19)14-34-7-9-35(10-8-34)25(36)37-26(2,3)4;1-13(28-21-17(10-23)20(24)26-12-27-21)16-8-14-2-3-15(22)9-18(14)29-19(16)11-30-6-4-25-5-7-30/h5-6,11-12,15-16H,7-10,14H2,1-4H3,(H3,29,30,31,32);2-3,8-9,12-13,25H,4-7,11H2,1H3,(H3,24,26,27,28)/t16-;13-/m00/s1. The number of pyridine rings is 2. The highest BCUT2D eigenvalue weighted by atomic mass is 19.1. The molecular weight excluding hydrogens is 859 g/mol. The van der Waals surface area contributed by atoms with Crippen LogP contribution in [-0.2, 0) is 17.8 Å². The number of carbonyl (C=O) groups is 1. The Morgan fingerprint density at radius 1 is 0.731 bits per heavy atom. The van der Waals surface area contributed by atoms with Crippen LogP contribution in [0.1, 0.15) is 80.3 Å². The van der Waals surface area contributed by atoms with Crippen LogP contribution in [0.15, 0.2) is 61.2 Å². The third-order valence-electron chi connectivity index (χ3n) is 11.4. The molecule has 0 radical (unpaired) electrons. The third-order valence-corrected chi connectivity index (χ3v) is 11.4. The molecule has 20 heteroatoms. The van der Waals surface area contributed by atoms with Gasteiger partial charge in [0.1, 0.15) is 76.4 Å². The predicted molar refractivity (Wildman–Crippen MR) is 251 cm³/mol. The van der Waals surface area contributed by atoms with E-state index in [9.17, 15) is 24.1 Å². The molecule has 0 spiro atoms. The molecule has 348 valence electrons. The maximum Gasteiger partial charge on any atom is 0.410 e. The molecule has 6 heterocycles. The van der Waals surface area contributed by atoms with Crippen LogP contribution in [0.2, 0.25) is 0 Å². The second-order valence-corrected chi connectivity index (χ2v) is 17.4. The van der Waals surface area contributed by atoms with Gasteiger partial charge in [-0.05, 0) is 82.1 Å². The van der Waals surface area contributed by atoms with Crippen molar-refractivity contribution >= 4 is 51.2 Å². The second-order valence-electron chi connectivity index (χ2n) is 17.4. The lowest BCUT2D eigenvalue weighted by Gasteiger charge is -2.35. The minimum absolute atomic E-state index is 0.0994. The third kappa shape index (κ3) is 11.9. The Kier molecular flexibility index (Phi) is 14.8. The average molecular weight is 913 g/mol. The van der Waals surface area contributed by atoms with Crippen molar-refractivity contribution in [3.63, 3.8) is 0 Å². The van der Waals surface area contributed by atoms with Gasteiger partial charge in [0.25, 0.3) is 0 Å². The number of fused-ring (bicyclic) bond motifs is 2. The van der Waals surface area contributed by atoms with Crippen LogP contribution >= 0.6 is 0 Å². The van der Waals surface area contributed by atoms with Gasteiger partial charge in [0, 0.05) is 88.4 Å². The fraction of sp³-hybridized carbons (Fsp3) is 0.383. The van der Waals surface area contributed by atoms with E-state index < -0.39 is 5.60 Å². The zero-order valence-electron chi connectivity index (χ0n) is 38.1. The zero-order chi connectivity index (χ0) is 47.8. The summed E-state index contributed by atoms with van der Waals surface area (Å²) in [5.41, 5.74) is 16.2. The van der Waals surface area contributed by atoms with E-state index in [0.717, 1.165) is 59.5 Å². The predicted octanol–water partition coefficient (Wildman–Crippen LogP) is 6.04. The number of nitrogens with two attached hydrogens (primary N) is 2. The van der Waals surface area contributed by atoms with Gasteiger partial charge in [-0.15, -0.1) is 0 Å². The average Bonchev–Trinajstić information content (AvgIpc) is 3.29. The van der Waals surface area contributed by atoms with Gasteiger partial charge in [-0.2, -0.15) is 10.5 Å². The van der Waals surface area contributed by atoms with Crippen molar-refractivity contribution in [2.75, 3.05) is 74.5 Å². The number of ether oxygens (including phenoxy) is 1. The SMILES string of the molecule is C[C@H](Nc1ncnc(N)c1C#N)c1cc2ccc(F)cc2nc1CN1CCN(C(=O)OC(C)(C)C)CC1.C[C@H](Nc1ncnc(N)c1C#N)c1cc2ccc(F)cc2nc1CN1CCNCC1. The number of carbonyl (C=O) groups excluding carboxylic acids is 1. The molecule has 4 aromatic heterocycles. The van der Waals surface area contributed by atoms with Gasteiger partial charge in [-0.25, -0.2) is 33.5 Å². The summed E-state index contributed by atoms with van der Waals surface area (Å²) >= 11 is 0. The van der Waals surface area contributed by atoms with Gasteiger partial charge < -0.3 is 37.1 Å². The lowest BCUT2D eigenvalue weighted by molar-refractivity contribution is 0.0138. The molecule has 67 heavy (non-hydrogen) atoms. The largest absolute Gasteiger partial charge is 0.444 e. The summed E-state index contributed by atoms with van der Waals surface area (Å²) in [6, 6.07) is 16.7. The summed E-state index contributed by atoms with van der Waals surface area (Å²) in [6.07, 6.45) is 2.31. The van der Waals surface area contributed by atoms with Crippen LogP contribution in [0.25, 0.3) is 21.8 Å². The molecule has 0 saturated carbocycles. The Labute approximate surface area is 387 Å². The molecule has 0 bridgehead atoms. The summed E-state index contributed by atoms with van der Waals surface area (Å²) in [5.74, 6) is 0.282. The minimum atomic E-state index is -0.545. The highest BCUT2D eigenvalue weighted by Gasteiger charge is 2.28. The number of nitrogens with zero attached hydrogens (tertiary/aromatic N) is 11. The lowest BCUT2D eigenvalue weighted by Crippen LogP contribution is -2.49. The van der Waals surface area contributed by atoms with Crippen LogP contribution in [0.3, 0.4) is 0 Å². The number of anilines is 4. The molecule has 2 fully saturated rings. The summed E-state index contributed by atoms with van der Waals surface area (Å²) in [4.78, 5) is 44.4. The molecule has 2 aromatic carbocycles. The highest BCUT2D eigenvalue weighted by Crippen LogP contribution is 2.30. The fourth-order valence-electron chi connectivity index (χ4n) is 7.91. The van der Waals surface area contributed by atoms with Gasteiger partial charge in [0.2, 0.25) is 0 Å². The number of piperazine rings is 2. The molecule has 6 aromatic rings. The number of amides is 1. The number of nitrogen functional groups attached to an aromatic ring is 2. The Hall–Kier alpha value is -7.39. The first-order valence-corrected chi connectivity index (χ1v) is 21.9. The number of nitriles is 2. The smallest absolute Gasteiger partial charge is 0.410 e. The first-order chi connectivity index (χ1) is 32.1. The number of benzene rings is 2. The Morgan fingerprint density at radius 2 is 1.18 bits per heavy atom. The quantitative estimate of drug-likeness (QED) is 0.105. The number of halogens is 2. The van der Waals surface area contributed by atoms with Gasteiger partial charge in [0.15, 0.2) is 0 Å². The monoisotopic (exact) mass is 912 g/mol. The van der Waals surface area contributed by atoms with Crippen LogP contribution in [0, 0.1) is 34.3 Å². The molecule has 0 aliphatic carbocycles. The number of rotatable bonds is 10. The molecule has 2 aliphatic heterocycles. The van der Waals surface area contributed by atoms with Crippen molar-refractivity contribution < 1.29 is 18.3 Å². The van der Waals surface area contributed by atoms with E-state index in [1.807, 2.05) is 52.8 Å². The van der Waals surface area contributed by atoms with Crippen LogP contribution in [0.4, 0.5) is 36.8 Å². The van der Waals surface area contributed by atoms with Crippen molar-refractivity contribution in [3.8, 4) is 12.1 Å². The second kappa shape index (κ2) is 20.8. The number of nitrogens with one attached hydrogen (secondary N) is 3. The molecule has 2 aliphatic rings. The molecular formula is C47H54F2N16O2. The van der Waals surface area contributed by atoms with Crippen molar-refractivity contribution in [2.24, 2.45) is 0 Å². The van der Waals surface area contributed by atoms with Gasteiger partial charge >= 0.3 is 6.09 Å². The summed E-state index contributed by atoms with van der Waals surface area (Å²) < 4.78 is 33.2. The first-order valence-electron chi connectivity index (χ1n) is 21.9. The summed E-state index contributed by atoms with van der Waals surface area (Å²) in [6.45, 7) is 16.7. The van der Waals surface area contributed by atoms with Gasteiger partial charge in [-0.1, -0.05) is 0 Å². The van der Waals surface area contributed by atoms with E-state index in [2.05, 4.69) is 51.8 Å². The lowest BCUT2D eigenvalue weighted by atomic mass is 10.0. The highest BCUT2D eigenvalue weighted by molar-refractivity contribution is 5.81. The number of aromatic nitrogens is 6. The van der Waals surface area contributed by atoms with Crippen molar-refractivity contribution in [2.45, 2.75) is 65.4 Å². The van der Waals surface area contributed by atoms with E-state index in [4.69, 9.17) is 26.2 Å². The van der Waals surface area contributed by atoms with E-state index in [1.54, 1.807) is 17.0 Å². The normalized spacial score (nSPS) is 15.4. The number of hydrogen-bond acceptors (Lipinski definition) is 17. The van der Waals surface area contributed by atoms with E-state index in [0.29, 0.717) is 61.9 Å². The van der Waals surface area contributed by atoms with E-state index in [-0.39, 0.29) is 52.6 Å². The van der Waals surface area contributed by atoms with E-state index in [1.165, 1.54) is 36.9 Å². The topological polar surface area (TPSA) is 249 Å². The molecule has 2 saturated heterocycles. The zero-order valence-corrected chi connectivity index (χ0v) is 38.1. The number of hydrogen-bond donors (Lipinski definition) is 5. The molecule has 8 rings (SSSR count). The maximum atomic E-state index is 14.0. The molecule has 2 atom stereocenters. The summed E-state index contributed by atoms with van der Waals surface area (Å²) in [7, 11) is 0.